The number of β-lactam (4-membered cyclic amide) rings is 1. The van der Waals surface area contributed by atoms with E-state index in [1.807, 2.05) is 0 Å². The fourth-order valence-corrected chi connectivity index (χ4v) is 5.02. The Morgan fingerprint density at radius 3 is 2.85 bits per heavy atom. The summed E-state index contributed by atoms with van der Waals surface area (Å²) in [5.74, 6) is -3.22. The maximum Gasteiger partial charge on any atom is 0.352 e. The van der Waals surface area contributed by atoms with Crippen molar-refractivity contribution in [3.8, 4) is 5.75 Å². The summed E-state index contributed by atoms with van der Waals surface area (Å²) < 4.78 is 22.6. The molecule has 0 saturated carbocycles. The molecule has 2 atom stereocenters. The summed E-state index contributed by atoms with van der Waals surface area (Å²) in [6.07, 6.45) is 0. The van der Waals surface area contributed by atoms with Gasteiger partial charge in [-0.2, -0.15) is 9.36 Å². The maximum atomic E-state index is 13.3. The van der Waals surface area contributed by atoms with Gasteiger partial charge in [0.25, 0.3) is 11.8 Å². The number of carboxylic acid groups (broad SMARTS) is 1. The second kappa shape index (κ2) is 9.03. The summed E-state index contributed by atoms with van der Waals surface area (Å²) in [5, 5.41) is 23.5. The molecule has 4 rings (SSSR count). The first-order chi connectivity index (χ1) is 15.8. The number of hydrogen-bond acceptors (Lipinski definition) is 11. The van der Waals surface area contributed by atoms with Gasteiger partial charge in [0.15, 0.2) is 5.13 Å². The fraction of sp³-hybridized carbons (Fsp3) is 0.222. The van der Waals surface area contributed by atoms with Crippen molar-refractivity contribution < 1.29 is 33.8 Å². The number of carboxylic acids is 1. The van der Waals surface area contributed by atoms with Crippen LogP contribution in [0.3, 0.4) is 0 Å². The highest BCUT2D eigenvalue weighted by molar-refractivity contribution is 8.00. The van der Waals surface area contributed by atoms with Crippen molar-refractivity contribution in [1.82, 2.24) is 19.6 Å². The largest absolute Gasteiger partial charge is 0.489 e. The number of carbonyl (C=O) groups is 3. The van der Waals surface area contributed by atoms with Crippen LogP contribution in [0.4, 0.5) is 9.52 Å². The molecule has 15 heteroatoms. The van der Waals surface area contributed by atoms with E-state index in [0.29, 0.717) is 5.57 Å². The molecule has 1 saturated heterocycles. The molecule has 5 N–H and O–H groups in total. The molecule has 2 aliphatic rings. The number of rotatable bonds is 7. The van der Waals surface area contributed by atoms with Crippen molar-refractivity contribution >= 4 is 51.9 Å². The third-order valence-electron chi connectivity index (χ3n) is 4.71. The smallest absolute Gasteiger partial charge is 0.352 e. The van der Waals surface area contributed by atoms with Crippen LogP contribution in [-0.4, -0.2) is 71.8 Å². The third kappa shape index (κ3) is 4.31. The summed E-state index contributed by atoms with van der Waals surface area (Å²) in [4.78, 5) is 41.9. The predicted octanol–water partition coefficient (Wildman–Crippen LogP) is 0.255. The summed E-state index contributed by atoms with van der Waals surface area (Å²) >= 11 is 2.01. The van der Waals surface area contributed by atoms with E-state index in [2.05, 4.69) is 19.8 Å². The van der Waals surface area contributed by atoms with Crippen LogP contribution in [0, 0.1) is 5.82 Å². The lowest BCUT2D eigenvalue weighted by molar-refractivity contribution is -0.150. The van der Waals surface area contributed by atoms with Crippen LogP contribution in [0.15, 0.2) is 40.7 Å². The van der Waals surface area contributed by atoms with Gasteiger partial charge in [-0.05, 0) is 12.1 Å². The van der Waals surface area contributed by atoms with Crippen molar-refractivity contribution in [2.24, 2.45) is 5.16 Å². The highest BCUT2D eigenvalue weighted by Gasteiger charge is 2.54. The fourth-order valence-electron chi connectivity index (χ4n) is 3.25. The van der Waals surface area contributed by atoms with Gasteiger partial charge < -0.3 is 26.1 Å². The number of thioether (sulfide) groups is 1. The summed E-state index contributed by atoms with van der Waals surface area (Å²) in [6.45, 7) is -0.163. The number of nitrogens with one attached hydrogen (secondary N) is 1. The number of fused-ring (bicyclic) bond motifs is 1. The average molecular weight is 494 g/mol. The zero-order chi connectivity index (χ0) is 23.7. The molecular weight excluding hydrogens is 479 g/mol. The molecule has 1 fully saturated rings. The van der Waals surface area contributed by atoms with E-state index >= 15 is 0 Å². The molecule has 0 radical (unpaired) electrons. The number of amides is 2. The van der Waals surface area contributed by atoms with Crippen LogP contribution in [0.1, 0.15) is 5.82 Å². The van der Waals surface area contributed by atoms with Crippen molar-refractivity contribution in [1.29, 1.82) is 0 Å². The minimum Gasteiger partial charge on any atom is -0.489 e. The van der Waals surface area contributed by atoms with Gasteiger partial charge in [0.05, 0.1) is 0 Å². The molecular formula is C18H15FN6O6S2. The summed E-state index contributed by atoms with van der Waals surface area (Å²) in [7, 11) is 0. The number of hydrogen-bond donors (Lipinski definition) is 4. The van der Waals surface area contributed by atoms with E-state index in [1.54, 1.807) is 0 Å². The number of anilines is 1. The van der Waals surface area contributed by atoms with Crippen molar-refractivity contribution in [2.45, 2.75) is 11.4 Å². The Labute approximate surface area is 193 Å². The maximum absolute atomic E-state index is 13.3. The average Bonchev–Trinajstić information content (AvgIpc) is 3.21. The molecule has 3 heterocycles. The number of nitrogen functional groups attached to an aromatic ring is 1. The van der Waals surface area contributed by atoms with Gasteiger partial charge in [-0.3, -0.25) is 14.5 Å². The highest BCUT2D eigenvalue weighted by Crippen LogP contribution is 2.40. The molecule has 0 bridgehead atoms. The highest BCUT2D eigenvalue weighted by atomic mass is 32.2. The molecule has 12 nitrogen and oxygen atoms in total. The third-order valence-corrected chi connectivity index (χ3v) is 6.60. The lowest BCUT2D eigenvalue weighted by atomic mass is 10.0. The lowest BCUT2D eigenvalue weighted by Gasteiger charge is -2.49. The van der Waals surface area contributed by atoms with Crippen LogP contribution in [0.5, 0.6) is 5.75 Å². The summed E-state index contributed by atoms with van der Waals surface area (Å²) in [6, 6.07) is 4.32. The number of halogens is 1. The van der Waals surface area contributed by atoms with Gasteiger partial charge >= 0.3 is 5.97 Å². The van der Waals surface area contributed by atoms with Crippen LogP contribution in [-0.2, 0) is 14.4 Å². The Morgan fingerprint density at radius 2 is 2.21 bits per heavy atom. The Bertz CT molecular complexity index is 1200. The number of carbonyl (C=O) groups excluding carboxylic acids is 2. The first-order valence-electron chi connectivity index (χ1n) is 9.21. The first-order valence-corrected chi connectivity index (χ1v) is 11.0. The van der Waals surface area contributed by atoms with E-state index in [-0.39, 0.29) is 34.8 Å². The van der Waals surface area contributed by atoms with Crippen LogP contribution in [0.25, 0.3) is 0 Å². The van der Waals surface area contributed by atoms with E-state index in [1.165, 1.54) is 30.0 Å². The standard InChI is InChI=1S/C18H15FN6O6S2/c19-8-2-1-3-9(4-8)31-5-7-6-32-16-11(15(27)25(16)12(7)17(28)29)21-14(26)10(23-30)13-22-18(20)33-24-13/h1-4,11,16,30H,5-6H2,(H,21,26)(H,28,29)(H2,20,22,24)/b23-10-/t11?,16-/m1/s1. The summed E-state index contributed by atoms with van der Waals surface area (Å²) in [5.41, 5.74) is 5.00. The zero-order valence-electron chi connectivity index (χ0n) is 16.5. The Hall–Kier alpha value is -3.72. The number of nitrogens with zero attached hydrogens (tertiary/aromatic N) is 4. The molecule has 2 aliphatic heterocycles. The SMILES string of the molecule is Nc1nc(/C(=N/O)C(=O)NC2C(=O)N3C(C(=O)O)=C(COc4cccc(F)c4)CS[C@H]23)ns1. The van der Waals surface area contributed by atoms with Crippen LogP contribution < -0.4 is 15.8 Å². The Kier molecular flexibility index (Phi) is 6.15. The first kappa shape index (κ1) is 22.5. The van der Waals surface area contributed by atoms with E-state index in [4.69, 9.17) is 15.7 Å². The van der Waals surface area contributed by atoms with Crippen molar-refractivity contribution in [2.75, 3.05) is 18.1 Å². The van der Waals surface area contributed by atoms with Gasteiger partial charge in [-0.15, -0.1) is 11.8 Å². The normalized spacial score (nSPS) is 20.2. The number of aromatic nitrogens is 2. The monoisotopic (exact) mass is 494 g/mol. The van der Waals surface area contributed by atoms with Gasteiger partial charge in [0, 0.05) is 28.9 Å². The van der Waals surface area contributed by atoms with Crippen LogP contribution >= 0.6 is 23.3 Å². The Balaban J connectivity index is 1.48. The minimum absolute atomic E-state index is 0.0527. The van der Waals surface area contributed by atoms with Crippen LogP contribution in [0.2, 0.25) is 0 Å². The van der Waals surface area contributed by atoms with Gasteiger partial charge in [-0.25, -0.2) is 9.18 Å². The molecule has 33 heavy (non-hydrogen) atoms. The number of ether oxygens (including phenoxy) is 1. The van der Waals surface area contributed by atoms with Crippen molar-refractivity contribution in [3.63, 3.8) is 0 Å². The number of oxime groups is 1. The molecule has 0 spiro atoms. The number of aliphatic carboxylic acids is 1. The number of nitrogens with two attached hydrogens (primary N) is 1. The van der Waals surface area contributed by atoms with E-state index in [0.717, 1.165) is 22.5 Å². The van der Waals surface area contributed by atoms with Crippen molar-refractivity contribution in [3.05, 3.63) is 47.2 Å². The predicted molar refractivity (Wildman–Crippen MR) is 114 cm³/mol. The zero-order valence-corrected chi connectivity index (χ0v) is 18.1. The number of benzene rings is 1. The molecule has 2 aromatic rings. The van der Waals surface area contributed by atoms with Gasteiger partial charge in [-0.1, -0.05) is 11.2 Å². The van der Waals surface area contributed by atoms with E-state index < -0.39 is 40.7 Å². The molecule has 1 unspecified atom stereocenters. The molecule has 2 amide bonds. The van der Waals surface area contributed by atoms with Gasteiger partial charge in [0.2, 0.25) is 11.5 Å². The second-order valence-corrected chi connectivity index (χ2v) is 8.66. The minimum atomic E-state index is -1.34. The van der Waals surface area contributed by atoms with E-state index in [9.17, 15) is 23.9 Å². The molecule has 1 aromatic heterocycles. The lowest BCUT2D eigenvalue weighted by Crippen LogP contribution is -2.71. The topological polar surface area (TPSA) is 180 Å². The molecule has 172 valence electrons. The molecule has 1 aromatic carbocycles. The molecule has 0 aliphatic carbocycles. The Morgan fingerprint density at radius 1 is 1.42 bits per heavy atom. The van der Waals surface area contributed by atoms with Gasteiger partial charge in [0.1, 0.15) is 35.3 Å². The second-order valence-electron chi connectivity index (χ2n) is 6.77. The quantitative estimate of drug-likeness (QED) is 0.180.